The molecule has 1 aromatic heterocycles. The Kier molecular flexibility index (Phi) is 2.71. The van der Waals surface area contributed by atoms with Crippen molar-refractivity contribution >= 4 is 10.8 Å². The molecule has 0 unspecified atom stereocenters. The van der Waals surface area contributed by atoms with Gasteiger partial charge in [-0.1, -0.05) is 41.5 Å². The third-order valence-electron chi connectivity index (χ3n) is 3.22. The predicted molar refractivity (Wildman–Crippen MR) is 77.4 cm³/mol. The van der Waals surface area contributed by atoms with Gasteiger partial charge >= 0.3 is 5.63 Å². The van der Waals surface area contributed by atoms with Gasteiger partial charge in [0.25, 0.3) is 0 Å². The van der Waals surface area contributed by atoms with Crippen molar-refractivity contribution in [1.29, 1.82) is 0 Å². The van der Waals surface area contributed by atoms with E-state index in [9.17, 15) is 4.79 Å². The SMILES string of the molecule is Cc1cccc(-c2cc3ccc(C)cc3c(=O)o2)c1. The quantitative estimate of drug-likeness (QED) is 0.651. The minimum Gasteiger partial charge on any atom is -0.422 e. The van der Waals surface area contributed by atoms with Crippen molar-refractivity contribution in [2.75, 3.05) is 0 Å². The van der Waals surface area contributed by atoms with Gasteiger partial charge in [-0.2, -0.15) is 0 Å². The van der Waals surface area contributed by atoms with Crippen molar-refractivity contribution in [3.63, 3.8) is 0 Å². The van der Waals surface area contributed by atoms with E-state index in [1.54, 1.807) is 0 Å². The molecule has 0 bridgehead atoms. The van der Waals surface area contributed by atoms with Gasteiger partial charge < -0.3 is 4.42 Å². The summed E-state index contributed by atoms with van der Waals surface area (Å²) in [5.74, 6) is 0.616. The van der Waals surface area contributed by atoms with Gasteiger partial charge in [0.05, 0.1) is 5.39 Å². The van der Waals surface area contributed by atoms with Crippen molar-refractivity contribution in [2.24, 2.45) is 0 Å². The van der Waals surface area contributed by atoms with E-state index >= 15 is 0 Å². The lowest BCUT2D eigenvalue weighted by atomic mass is 10.1. The summed E-state index contributed by atoms with van der Waals surface area (Å²) in [6.07, 6.45) is 0. The summed E-state index contributed by atoms with van der Waals surface area (Å²) < 4.78 is 5.43. The van der Waals surface area contributed by atoms with E-state index in [1.807, 2.05) is 62.4 Å². The fraction of sp³-hybridized carbons (Fsp3) is 0.118. The van der Waals surface area contributed by atoms with Gasteiger partial charge in [0.2, 0.25) is 0 Å². The monoisotopic (exact) mass is 250 g/mol. The zero-order valence-electron chi connectivity index (χ0n) is 10.9. The van der Waals surface area contributed by atoms with Crippen LogP contribution in [0.15, 0.2) is 57.7 Å². The highest BCUT2D eigenvalue weighted by atomic mass is 16.4. The summed E-state index contributed by atoms with van der Waals surface area (Å²) in [4.78, 5) is 12.0. The Labute approximate surface area is 111 Å². The first-order valence-electron chi connectivity index (χ1n) is 6.25. The highest BCUT2D eigenvalue weighted by Gasteiger charge is 2.06. The Bertz CT molecular complexity index is 813. The molecular formula is C17H14O2. The van der Waals surface area contributed by atoms with Crippen molar-refractivity contribution < 1.29 is 4.42 Å². The summed E-state index contributed by atoms with van der Waals surface area (Å²) in [6.45, 7) is 3.99. The molecule has 2 aromatic carbocycles. The van der Waals surface area contributed by atoms with Crippen LogP contribution in [-0.2, 0) is 0 Å². The Morgan fingerprint density at radius 2 is 1.68 bits per heavy atom. The van der Waals surface area contributed by atoms with E-state index in [4.69, 9.17) is 4.42 Å². The van der Waals surface area contributed by atoms with Crippen LogP contribution in [-0.4, -0.2) is 0 Å². The molecule has 94 valence electrons. The lowest BCUT2D eigenvalue weighted by molar-refractivity contribution is 0.534. The van der Waals surface area contributed by atoms with Gasteiger partial charge in [0.1, 0.15) is 5.76 Å². The van der Waals surface area contributed by atoms with Gasteiger partial charge in [0, 0.05) is 5.56 Å². The molecule has 2 heteroatoms. The first-order chi connectivity index (χ1) is 9.13. The lowest BCUT2D eigenvalue weighted by Crippen LogP contribution is -2.00. The van der Waals surface area contributed by atoms with E-state index in [-0.39, 0.29) is 5.63 Å². The molecule has 19 heavy (non-hydrogen) atoms. The Morgan fingerprint density at radius 1 is 0.895 bits per heavy atom. The summed E-state index contributed by atoms with van der Waals surface area (Å²) >= 11 is 0. The zero-order valence-corrected chi connectivity index (χ0v) is 10.9. The first-order valence-corrected chi connectivity index (χ1v) is 6.25. The molecule has 0 radical (unpaired) electrons. The van der Waals surface area contributed by atoms with E-state index in [0.29, 0.717) is 11.1 Å². The fourth-order valence-corrected chi connectivity index (χ4v) is 2.24. The maximum atomic E-state index is 12.0. The second-order valence-electron chi connectivity index (χ2n) is 4.86. The van der Waals surface area contributed by atoms with Gasteiger partial charge in [0.15, 0.2) is 0 Å². The van der Waals surface area contributed by atoms with E-state index < -0.39 is 0 Å². The molecule has 1 heterocycles. The van der Waals surface area contributed by atoms with Crippen LogP contribution >= 0.6 is 0 Å². The van der Waals surface area contributed by atoms with Crippen LogP contribution in [0.25, 0.3) is 22.1 Å². The molecule has 2 nitrogen and oxygen atoms in total. The molecular weight excluding hydrogens is 236 g/mol. The molecule has 0 saturated carbocycles. The van der Waals surface area contributed by atoms with Crippen molar-refractivity contribution in [3.8, 4) is 11.3 Å². The van der Waals surface area contributed by atoms with Gasteiger partial charge in [-0.05, 0) is 37.4 Å². The smallest absolute Gasteiger partial charge is 0.344 e. The minimum atomic E-state index is -0.280. The molecule has 3 aromatic rings. The predicted octanol–water partition coefficient (Wildman–Crippen LogP) is 4.08. The number of rotatable bonds is 1. The maximum absolute atomic E-state index is 12.0. The zero-order chi connectivity index (χ0) is 13.4. The molecule has 3 rings (SSSR count). The summed E-state index contributed by atoms with van der Waals surface area (Å²) in [6, 6.07) is 15.7. The third-order valence-corrected chi connectivity index (χ3v) is 3.22. The molecule has 0 fully saturated rings. The third kappa shape index (κ3) is 2.17. The van der Waals surface area contributed by atoms with Crippen LogP contribution < -0.4 is 5.63 Å². The largest absolute Gasteiger partial charge is 0.422 e. The second-order valence-corrected chi connectivity index (χ2v) is 4.86. The molecule has 0 aliphatic rings. The van der Waals surface area contributed by atoms with Gasteiger partial charge in [-0.3, -0.25) is 0 Å². The number of hydrogen-bond donors (Lipinski definition) is 0. The number of fused-ring (bicyclic) bond motifs is 1. The molecule has 0 amide bonds. The topological polar surface area (TPSA) is 30.2 Å². The summed E-state index contributed by atoms with van der Waals surface area (Å²) in [5, 5.41) is 1.55. The van der Waals surface area contributed by atoms with Crippen molar-refractivity contribution in [1.82, 2.24) is 0 Å². The van der Waals surface area contributed by atoms with Gasteiger partial charge in [-0.15, -0.1) is 0 Å². The average molecular weight is 250 g/mol. The van der Waals surface area contributed by atoms with E-state index in [0.717, 1.165) is 22.1 Å². The van der Waals surface area contributed by atoms with Crippen LogP contribution in [0.2, 0.25) is 0 Å². The van der Waals surface area contributed by atoms with Crippen LogP contribution in [0.1, 0.15) is 11.1 Å². The van der Waals surface area contributed by atoms with Crippen LogP contribution in [0.3, 0.4) is 0 Å². The standard InChI is InChI=1S/C17H14O2/c1-11-4-3-5-14(8-11)16-10-13-7-6-12(2)9-15(13)17(18)19-16/h3-10H,1-2H3. The number of hydrogen-bond acceptors (Lipinski definition) is 2. The van der Waals surface area contributed by atoms with E-state index in [1.165, 1.54) is 0 Å². The Hall–Kier alpha value is -2.35. The highest BCUT2D eigenvalue weighted by molar-refractivity contribution is 5.84. The second kappa shape index (κ2) is 4.39. The first kappa shape index (κ1) is 11.7. The highest BCUT2D eigenvalue weighted by Crippen LogP contribution is 2.23. The van der Waals surface area contributed by atoms with Crippen molar-refractivity contribution in [2.45, 2.75) is 13.8 Å². The van der Waals surface area contributed by atoms with Gasteiger partial charge in [-0.25, -0.2) is 4.79 Å². The van der Waals surface area contributed by atoms with Crippen LogP contribution in [0.5, 0.6) is 0 Å². The molecule has 0 aliphatic heterocycles. The summed E-state index contributed by atoms with van der Waals surface area (Å²) in [5.41, 5.74) is 2.85. The average Bonchev–Trinajstić information content (AvgIpc) is 2.39. The Balaban J connectivity index is 2.27. The molecule has 0 spiro atoms. The molecule has 0 aliphatic carbocycles. The van der Waals surface area contributed by atoms with Crippen molar-refractivity contribution in [3.05, 3.63) is 70.1 Å². The summed E-state index contributed by atoms with van der Waals surface area (Å²) in [7, 11) is 0. The molecule has 0 atom stereocenters. The van der Waals surface area contributed by atoms with E-state index in [2.05, 4.69) is 0 Å². The molecule has 0 saturated heterocycles. The fourth-order valence-electron chi connectivity index (χ4n) is 2.24. The maximum Gasteiger partial charge on any atom is 0.344 e. The number of benzene rings is 2. The Morgan fingerprint density at radius 3 is 2.47 bits per heavy atom. The number of aryl methyl sites for hydroxylation is 2. The van der Waals surface area contributed by atoms with Crippen LogP contribution in [0.4, 0.5) is 0 Å². The lowest BCUT2D eigenvalue weighted by Gasteiger charge is -2.04. The normalized spacial score (nSPS) is 10.8. The molecule has 0 N–H and O–H groups in total. The van der Waals surface area contributed by atoms with Crippen LogP contribution in [0, 0.1) is 13.8 Å². The minimum absolute atomic E-state index is 0.280.